The average Bonchev–Trinajstić information content (AvgIpc) is 2.83. The van der Waals surface area contributed by atoms with Gasteiger partial charge >= 0.3 is 5.97 Å². The van der Waals surface area contributed by atoms with E-state index in [1.165, 1.54) is 57.4 Å². The first-order valence-electron chi connectivity index (χ1n) is 13.2. The molecule has 3 heteroatoms. The number of halogens is 1. The molecule has 0 saturated heterocycles. The van der Waals surface area contributed by atoms with Gasteiger partial charge in [-0.15, -0.1) is 6.58 Å². The minimum absolute atomic E-state index is 0.0194. The fraction of sp³-hybridized carbons (Fsp3) is 0.690. The van der Waals surface area contributed by atoms with Gasteiger partial charge in [0.25, 0.3) is 0 Å². The quantitative estimate of drug-likeness (QED) is 0.245. The molecule has 0 aromatic heterocycles. The number of aryl methyl sites for hydroxylation is 1. The van der Waals surface area contributed by atoms with Crippen LogP contribution in [0.2, 0.25) is 0 Å². The van der Waals surface area contributed by atoms with Gasteiger partial charge in [-0.25, -0.2) is 4.39 Å². The van der Waals surface area contributed by atoms with Crippen LogP contribution in [0.25, 0.3) is 0 Å². The molecule has 3 aliphatic carbocycles. The topological polar surface area (TPSA) is 26.3 Å². The predicted molar refractivity (Wildman–Crippen MR) is 128 cm³/mol. The summed E-state index contributed by atoms with van der Waals surface area (Å²) in [6.07, 6.45) is 17.2. The lowest BCUT2D eigenvalue weighted by molar-refractivity contribution is -0.144. The molecule has 4 unspecified atom stereocenters. The number of esters is 1. The lowest BCUT2D eigenvalue weighted by atomic mass is 9.59. The van der Waals surface area contributed by atoms with Crippen LogP contribution >= 0.6 is 0 Å². The first-order chi connectivity index (χ1) is 15.6. The summed E-state index contributed by atoms with van der Waals surface area (Å²) < 4.78 is 20.1. The Morgan fingerprint density at radius 1 is 1.06 bits per heavy atom. The number of allylic oxidation sites excluding steroid dienone is 1. The monoisotopic (exact) mass is 440 g/mol. The van der Waals surface area contributed by atoms with Crippen LogP contribution in [0.1, 0.15) is 89.5 Å². The summed E-state index contributed by atoms with van der Waals surface area (Å²) in [7, 11) is 0. The Balaban J connectivity index is 1.34. The summed E-state index contributed by atoms with van der Waals surface area (Å²) in [6, 6.07) is 4.85. The molecule has 1 aromatic rings. The maximum atomic E-state index is 14.4. The van der Waals surface area contributed by atoms with E-state index in [-0.39, 0.29) is 17.7 Å². The Morgan fingerprint density at radius 2 is 1.84 bits per heavy atom. The molecule has 0 spiro atoms. The number of hydrogen-bond donors (Lipinski definition) is 0. The highest BCUT2D eigenvalue weighted by Crippen LogP contribution is 2.50. The van der Waals surface area contributed by atoms with Crippen molar-refractivity contribution in [2.75, 3.05) is 0 Å². The Bertz CT molecular complexity index is 779. The van der Waals surface area contributed by atoms with Crippen molar-refractivity contribution in [2.45, 2.75) is 90.4 Å². The van der Waals surface area contributed by atoms with E-state index in [4.69, 9.17) is 4.74 Å². The van der Waals surface area contributed by atoms with Gasteiger partial charge < -0.3 is 4.74 Å². The maximum absolute atomic E-state index is 14.4. The van der Waals surface area contributed by atoms with Crippen molar-refractivity contribution in [3.63, 3.8) is 0 Å². The summed E-state index contributed by atoms with van der Waals surface area (Å²) in [4.78, 5) is 13.1. The summed E-state index contributed by atoms with van der Waals surface area (Å²) in [5.41, 5.74) is 0.647. The van der Waals surface area contributed by atoms with Gasteiger partial charge in [0.2, 0.25) is 0 Å². The zero-order chi connectivity index (χ0) is 22.5. The highest BCUT2D eigenvalue weighted by atomic mass is 19.1. The molecule has 176 valence electrons. The molecule has 32 heavy (non-hydrogen) atoms. The highest BCUT2D eigenvalue weighted by Gasteiger charge is 2.43. The van der Waals surface area contributed by atoms with Crippen molar-refractivity contribution in [1.29, 1.82) is 0 Å². The summed E-state index contributed by atoms with van der Waals surface area (Å²) >= 11 is 0. The Labute approximate surface area is 194 Å². The molecule has 0 amide bonds. The molecule has 4 atom stereocenters. The van der Waals surface area contributed by atoms with E-state index in [0.717, 1.165) is 43.4 Å². The standard InChI is InChI=1S/C29H41FO2/c1-3-5-7-22-14-16-25(19-28(22)30)32-29(31)27-9-6-8-24-18-23(15-17-26(24)27)21-12-10-20(4-2)11-13-21/h3,14,16,19-21,23-24,26-27H,1,4-13,15,17-18H2,2H3. The van der Waals surface area contributed by atoms with Crippen LogP contribution < -0.4 is 4.74 Å². The van der Waals surface area contributed by atoms with Crippen molar-refractivity contribution in [3.8, 4) is 5.75 Å². The average molecular weight is 441 g/mol. The second-order valence-electron chi connectivity index (χ2n) is 10.7. The third kappa shape index (κ3) is 5.46. The number of carbonyl (C=O) groups excluding carboxylic acids is 1. The molecule has 3 aliphatic rings. The van der Waals surface area contributed by atoms with Crippen molar-refractivity contribution in [3.05, 3.63) is 42.2 Å². The maximum Gasteiger partial charge on any atom is 0.314 e. The molecule has 2 nitrogen and oxygen atoms in total. The summed E-state index contributed by atoms with van der Waals surface area (Å²) in [6.45, 7) is 6.03. The van der Waals surface area contributed by atoms with Crippen molar-refractivity contribution in [1.82, 2.24) is 0 Å². The SMILES string of the molecule is C=CCCc1ccc(OC(=O)C2CCCC3CC(C4CCC(CC)CC4)CCC32)cc1F. The summed E-state index contributed by atoms with van der Waals surface area (Å²) in [5.74, 6) is 3.74. The number of hydrogen-bond acceptors (Lipinski definition) is 2. The van der Waals surface area contributed by atoms with Gasteiger partial charge in [0, 0.05) is 6.07 Å². The second-order valence-corrected chi connectivity index (χ2v) is 10.7. The molecular weight excluding hydrogens is 399 g/mol. The van der Waals surface area contributed by atoms with Crippen LogP contribution in [-0.4, -0.2) is 5.97 Å². The first-order valence-corrected chi connectivity index (χ1v) is 13.2. The van der Waals surface area contributed by atoms with Gasteiger partial charge in [0.05, 0.1) is 5.92 Å². The van der Waals surface area contributed by atoms with Crippen LogP contribution in [0, 0.1) is 41.3 Å². The lowest BCUT2D eigenvalue weighted by Gasteiger charge is -2.46. The predicted octanol–water partition coefficient (Wildman–Crippen LogP) is 7.90. The lowest BCUT2D eigenvalue weighted by Crippen LogP contribution is -2.40. The molecule has 3 saturated carbocycles. The number of ether oxygens (including phenoxy) is 1. The third-order valence-electron chi connectivity index (χ3n) is 8.99. The number of benzene rings is 1. The molecule has 0 bridgehead atoms. The molecule has 1 aromatic carbocycles. The third-order valence-corrected chi connectivity index (χ3v) is 8.99. The molecule has 0 aliphatic heterocycles. The normalized spacial score (nSPS) is 32.7. The van der Waals surface area contributed by atoms with E-state index >= 15 is 0 Å². The van der Waals surface area contributed by atoms with Crippen molar-refractivity contribution >= 4 is 5.97 Å². The Hall–Kier alpha value is -1.64. The molecular formula is C29H41FO2. The fourth-order valence-electron chi connectivity index (χ4n) is 7.03. The molecule has 0 radical (unpaired) electrons. The smallest absolute Gasteiger partial charge is 0.314 e. The van der Waals surface area contributed by atoms with Gasteiger partial charge in [0.1, 0.15) is 11.6 Å². The van der Waals surface area contributed by atoms with E-state index in [9.17, 15) is 9.18 Å². The number of fused-ring (bicyclic) bond motifs is 1. The molecule has 0 heterocycles. The summed E-state index contributed by atoms with van der Waals surface area (Å²) in [5, 5.41) is 0. The van der Waals surface area contributed by atoms with Gasteiger partial charge in [-0.05, 0) is 92.6 Å². The number of rotatable bonds is 7. The van der Waals surface area contributed by atoms with Gasteiger partial charge in [-0.3, -0.25) is 4.79 Å². The van der Waals surface area contributed by atoms with Crippen LogP contribution in [-0.2, 0) is 11.2 Å². The van der Waals surface area contributed by atoms with Crippen molar-refractivity contribution < 1.29 is 13.9 Å². The van der Waals surface area contributed by atoms with E-state index in [2.05, 4.69) is 13.5 Å². The van der Waals surface area contributed by atoms with Gasteiger partial charge in [-0.1, -0.05) is 51.2 Å². The number of carbonyl (C=O) groups is 1. The van der Waals surface area contributed by atoms with Crippen LogP contribution in [0.4, 0.5) is 4.39 Å². The zero-order valence-corrected chi connectivity index (χ0v) is 19.9. The molecule has 3 fully saturated rings. The van der Waals surface area contributed by atoms with Gasteiger partial charge in [0.15, 0.2) is 0 Å². The second kappa shape index (κ2) is 11.0. The van der Waals surface area contributed by atoms with Crippen LogP contribution in [0.3, 0.4) is 0 Å². The largest absolute Gasteiger partial charge is 0.426 e. The van der Waals surface area contributed by atoms with E-state index in [1.54, 1.807) is 18.2 Å². The Morgan fingerprint density at radius 3 is 2.56 bits per heavy atom. The van der Waals surface area contributed by atoms with E-state index < -0.39 is 0 Å². The minimum atomic E-state index is -0.294. The van der Waals surface area contributed by atoms with E-state index in [0.29, 0.717) is 29.6 Å². The Kier molecular flexibility index (Phi) is 8.07. The highest BCUT2D eigenvalue weighted by molar-refractivity contribution is 5.75. The van der Waals surface area contributed by atoms with E-state index in [1.807, 2.05) is 0 Å². The van der Waals surface area contributed by atoms with Crippen LogP contribution in [0.5, 0.6) is 5.75 Å². The zero-order valence-electron chi connectivity index (χ0n) is 19.9. The fourth-order valence-corrected chi connectivity index (χ4v) is 7.03. The van der Waals surface area contributed by atoms with Crippen molar-refractivity contribution in [2.24, 2.45) is 35.5 Å². The van der Waals surface area contributed by atoms with Gasteiger partial charge in [-0.2, -0.15) is 0 Å². The molecule has 4 rings (SSSR count). The first kappa shape index (κ1) is 23.5. The van der Waals surface area contributed by atoms with Crippen LogP contribution in [0.15, 0.2) is 30.9 Å². The minimum Gasteiger partial charge on any atom is -0.426 e. The molecule has 0 N–H and O–H groups in total.